The van der Waals surface area contributed by atoms with Crippen molar-refractivity contribution in [2.24, 2.45) is 0 Å². The Kier molecular flexibility index (Phi) is 7.89. The summed E-state index contributed by atoms with van der Waals surface area (Å²) in [6, 6.07) is 14.7. The third kappa shape index (κ3) is 6.79. The molecule has 5 nitrogen and oxygen atoms in total. The number of hydrogen-bond acceptors (Lipinski definition) is 3. The summed E-state index contributed by atoms with van der Waals surface area (Å²) in [5.41, 5.74) is 1.73. The largest absolute Gasteiger partial charge is 0.489 e. The van der Waals surface area contributed by atoms with Crippen LogP contribution in [-0.4, -0.2) is 24.9 Å². The number of benzene rings is 2. The monoisotopic (exact) mass is 386 g/mol. The first-order valence-electron chi connectivity index (χ1n) is 8.62. The number of anilines is 1. The molecule has 142 valence electrons. The Bertz CT molecular complexity index is 773. The van der Waals surface area contributed by atoms with Crippen molar-refractivity contribution in [3.63, 3.8) is 0 Å². The second-order valence-electron chi connectivity index (χ2n) is 5.92. The fourth-order valence-electron chi connectivity index (χ4n) is 2.43. The standard InChI is InChI=1S/C21H23ClN2O3/c1-3-13-23-21(26)12-14-24(16(2)25)19-8-10-20(11-9-19)27-15-17-4-6-18(22)7-5-17/h3-11H,1,12-15H2,2H3,(H,23,26). The van der Waals surface area contributed by atoms with Crippen LogP contribution in [0.4, 0.5) is 5.69 Å². The zero-order valence-corrected chi connectivity index (χ0v) is 16.0. The van der Waals surface area contributed by atoms with E-state index in [0.29, 0.717) is 30.5 Å². The fraction of sp³-hybridized carbons (Fsp3) is 0.238. The summed E-state index contributed by atoms with van der Waals surface area (Å²) in [6.45, 7) is 6.18. The van der Waals surface area contributed by atoms with Gasteiger partial charge >= 0.3 is 0 Å². The van der Waals surface area contributed by atoms with Gasteiger partial charge in [-0.1, -0.05) is 29.8 Å². The van der Waals surface area contributed by atoms with Gasteiger partial charge in [0.2, 0.25) is 11.8 Å². The lowest BCUT2D eigenvalue weighted by molar-refractivity contribution is -0.120. The van der Waals surface area contributed by atoms with E-state index in [4.69, 9.17) is 16.3 Å². The summed E-state index contributed by atoms with van der Waals surface area (Å²) in [4.78, 5) is 25.2. The van der Waals surface area contributed by atoms with Crippen LogP contribution in [0.3, 0.4) is 0 Å². The number of hydrogen-bond donors (Lipinski definition) is 1. The summed E-state index contributed by atoms with van der Waals surface area (Å²) in [7, 11) is 0. The molecule has 1 N–H and O–H groups in total. The number of halogens is 1. The maximum atomic E-state index is 11.9. The molecule has 0 atom stereocenters. The van der Waals surface area contributed by atoms with Crippen LogP contribution < -0.4 is 15.0 Å². The Morgan fingerprint density at radius 1 is 1.15 bits per heavy atom. The van der Waals surface area contributed by atoms with Gasteiger partial charge in [-0.05, 0) is 42.0 Å². The van der Waals surface area contributed by atoms with Crippen LogP contribution in [0, 0.1) is 0 Å². The molecule has 2 amide bonds. The molecule has 0 aromatic heterocycles. The van der Waals surface area contributed by atoms with Crippen molar-refractivity contribution >= 4 is 29.1 Å². The molecule has 0 unspecified atom stereocenters. The third-order valence-electron chi connectivity index (χ3n) is 3.85. The molecule has 6 heteroatoms. The second kappa shape index (κ2) is 10.4. The number of nitrogens with zero attached hydrogens (tertiary/aromatic N) is 1. The van der Waals surface area contributed by atoms with Gasteiger partial charge in [-0.15, -0.1) is 6.58 Å². The quantitative estimate of drug-likeness (QED) is 0.663. The van der Waals surface area contributed by atoms with Gasteiger partial charge in [0, 0.05) is 37.1 Å². The summed E-state index contributed by atoms with van der Waals surface area (Å²) in [5, 5.41) is 3.39. The van der Waals surface area contributed by atoms with Crippen LogP contribution in [0.25, 0.3) is 0 Å². The van der Waals surface area contributed by atoms with Gasteiger partial charge in [-0.3, -0.25) is 9.59 Å². The van der Waals surface area contributed by atoms with Gasteiger partial charge in [-0.2, -0.15) is 0 Å². The maximum absolute atomic E-state index is 11.9. The van der Waals surface area contributed by atoms with E-state index in [-0.39, 0.29) is 18.2 Å². The van der Waals surface area contributed by atoms with Crippen molar-refractivity contribution < 1.29 is 14.3 Å². The lowest BCUT2D eigenvalue weighted by Crippen LogP contribution is -2.33. The van der Waals surface area contributed by atoms with Crippen LogP contribution >= 0.6 is 11.6 Å². The number of carbonyl (C=O) groups excluding carboxylic acids is 2. The molecule has 2 rings (SSSR count). The molecule has 0 saturated carbocycles. The molecule has 2 aromatic rings. The summed E-state index contributed by atoms with van der Waals surface area (Å²) < 4.78 is 5.75. The molecule has 2 aromatic carbocycles. The zero-order chi connectivity index (χ0) is 19.6. The third-order valence-corrected chi connectivity index (χ3v) is 4.11. The van der Waals surface area contributed by atoms with E-state index in [0.717, 1.165) is 11.3 Å². The number of amides is 2. The number of nitrogens with one attached hydrogen (secondary N) is 1. The molecule has 0 fully saturated rings. The van der Waals surface area contributed by atoms with Crippen LogP contribution in [-0.2, 0) is 16.2 Å². The molecule has 27 heavy (non-hydrogen) atoms. The highest BCUT2D eigenvalue weighted by Gasteiger charge is 2.13. The minimum absolute atomic E-state index is 0.121. The lowest BCUT2D eigenvalue weighted by atomic mass is 10.2. The van der Waals surface area contributed by atoms with Gasteiger partial charge in [0.15, 0.2) is 0 Å². The Labute approximate surface area is 164 Å². The Morgan fingerprint density at radius 2 is 1.81 bits per heavy atom. The highest BCUT2D eigenvalue weighted by atomic mass is 35.5. The second-order valence-corrected chi connectivity index (χ2v) is 6.36. The van der Waals surface area contributed by atoms with Gasteiger partial charge in [0.1, 0.15) is 12.4 Å². The highest BCUT2D eigenvalue weighted by Crippen LogP contribution is 2.21. The van der Waals surface area contributed by atoms with Gasteiger partial charge in [0.05, 0.1) is 0 Å². The van der Waals surface area contributed by atoms with E-state index < -0.39 is 0 Å². The molecule has 0 bridgehead atoms. The van der Waals surface area contributed by atoms with E-state index in [1.165, 1.54) is 6.92 Å². The number of rotatable bonds is 9. The highest BCUT2D eigenvalue weighted by molar-refractivity contribution is 6.30. The summed E-state index contributed by atoms with van der Waals surface area (Å²) >= 11 is 5.87. The number of carbonyl (C=O) groups is 2. The SMILES string of the molecule is C=CCNC(=O)CCN(C(C)=O)c1ccc(OCc2ccc(Cl)cc2)cc1. The minimum Gasteiger partial charge on any atom is -0.489 e. The predicted molar refractivity (Wildman–Crippen MR) is 108 cm³/mol. The Morgan fingerprint density at radius 3 is 2.41 bits per heavy atom. The fourth-order valence-corrected chi connectivity index (χ4v) is 2.55. The molecule has 0 aliphatic rings. The van der Waals surface area contributed by atoms with Crippen molar-refractivity contribution in [2.45, 2.75) is 20.0 Å². The van der Waals surface area contributed by atoms with E-state index in [1.54, 1.807) is 35.2 Å². The molecular weight excluding hydrogens is 364 g/mol. The number of ether oxygens (including phenoxy) is 1. The molecule has 0 spiro atoms. The maximum Gasteiger partial charge on any atom is 0.223 e. The van der Waals surface area contributed by atoms with Crippen molar-refractivity contribution in [1.82, 2.24) is 5.32 Å². The molecule has 0 aliphatic carbocycles. The first kappa shape index (κ1) is 20.5. The van der Waals surface area contributed by atoms with Crippen LogP contribution in [0.1, 0.15) is 18.9 Å². The van der Waals surface area contributed by atoms with Crippen molar-refractivity contribution in [3.05, 3.63) is 71.8 Å². The lowest BCUT2D eigenvalue weighted by Gasteiger charge is -2.21. The van der Waals surface area contributed by atoms with E-state index >= 15 is 0 Å². The Hall–Kier alpha value is -2.79. The minimum atomic E-state index is -0.124. The summed E-state index contributed by atoms with van der Waals surface area (Å²) in [6.07, 6.45) is 1.84. The average molecular weight is 387 g/mol. The van der Waals surface area contributed by atoms with E-state index in [2.05, 4.69) is 11.9 Å². The first-order chi connectivity index (χ1) is 13.0. The normalized spacial score (nSPS) is 10.1. The van der Waals surface area contributed by atoms with E-state index in [9.17, 15) is 9.59 Å². The summed E-state index contributed by atoms with van der Waals surface area (Å²) in [5.74, 6) is 0.450. The topological polar surface area (TPSA) is 58.6 Å². The predicted octanol–water partition coefficient (Wildman–Crippen LogP) is 3.96. The van der Waals surface area contributed by atoms with Crippen LogP contribution in [0.2, 0.25) is 5.02 Å². The van der Waals surface area contributed by atoms with Gasteiger partial charge in [-0.25, -0.2) is 0 Å². The molecule has 0 saturated heterocycles. The molecular formula is C21H23ClN2O3. The van der Waals surface area contributed by atoms with E-state index in [1.807, 2.05) is 24.3 Å². The molecule has 0 heterocycles. The van der Waals surface area contributed by atoms with Crippen LogP contribution in [0.5, 0.6) is 5.75 Å². The van der Waals surface area contributed by atoms with Gasteiger partial charge < -0.3 is 15.0 Å². The Balaban J connectivity index is 1.93. The van der Waals surface area contributed by atoms with Crippen molar-refractivity contribution in [2.75, 3.05) is 18.0 Å². The van der Waals surface area contributed by atoms with Crippen molar-refractivity contribution in [1.29, 1.82) is 0 Å². The van der Waals surface area contributed by atoms with Crippen LogP contribution in [0.15, 0.2) is 61.2 Å². The smallest absolute Gasteiger partial charge is 0.223 e. The first-order valence-corrected chi connectivity index (χ1v) is 9.00. The molecule has 0 aliphatic heterocycles. The zero-order valence-electron chi connectivity index (χ0n) is 15.3. The van der Waals surface area contributed by atoms with Gasteiger partial charge in [0.25, 0.3) is 0 Å². The molecule has 0 radical (unpaired) electrons. The average Bonchev–Trinajstić information content (AvgIpc) is 2.66. The van der Waals surface area contributed by atoms with Crippen molar-refractivity contribution in [3.8, 4) is 5.75 Å².